The van der Waals surface area contributed by atoms with Crippen LogP contribution in [0, 0.1) is 11.8 Å². The number of halogens is 2. The third kappa shape index (κ3) is 30.8. The van der Waals surface area contributed by atoms with Gasteiger partial charge in [0.25, 0.3) is 11.8 Å². The summed E-state index contributed by atoms with van der Waals surface area (Å²) in [5.74, 6) is -7.68. The fourth-order valence-corrected chi connectivity index (χ4v) is 11.1. The molecule has 2 fully saturated rings. The largest absolute Gasteiger partial charge is 0.479 e. The van der Waals surface area contributed by atoms with Crippen LogP contribution in [0.2, 0.25) is 0 Å². The number of benzene rings is 3. The molecule has 2 saturated heterocycles. The van der Waals surface area contributed by atoms with E-state index in [1.165, 1.54) is 69.7 Å². The molecular weight excluding hydrogens is 1370 g/mol. The Kier molecular flexibility index (Phi) is 33.9. The Hall–Kier alpha value is -8.66. The zero-order chi connectivity index (χ0) is 79.1. The van der Waals surface area contributed by atoms with Gasteiger partial charge in [0, 0.05) is 91.4 Å². The number of likely N-dealkylation sites (N-methyl/N-ethyl adjacent to an activating group) is 4. The zero-order valence-electron chi connectivity index (χ0n) is 65.0. The number of morpholine rings is 2. The van der Waals surface area contributed by atoms with Crippen molar-refractivity contribution < 1.29 is 104 Å². The number of hydrogen-bond donors (Lipinski definition) is 1. The van der Waals surface area contributed by atoms with Gasteiger partial charge in [-0.25, -0.2) is 47.1 Å². The van der Waals surface area contributed by atoms with Crippen LogP contribution in [0.15, 0.2) is 78.9 Å². The van der Waals surface area contributed by atoms with Crippen molar-refractivity contribution in [2.45, 2.75) is 227 Å². The first-order chi connectivity index (χ1) is 48.7. The van der Waals surface area contributed by atoms with E-state index < -0.39 is 144 Å². The molecule has 28 heteroatoms. The monoisotopic (exact) mass is 1480 g/mol. The van der Waals surface area contributed by atoms with Crippen LogP contribution in [-0.2, 0) is 100 Å². The highest BCUT2D eigenvalue weighted by atomic mass is 19.1. The van der Waals surface area contributed by atoms with E-state index in [0.717, 1.165) is 49.6 Å². The second-order valence-electron chi connectivity index (χ2n) is 30.6. The Morgan fingerprint density at radius 2 is 0.781 bits per heavy atom. The molecule has 0 spiro atoms. The maximum Gasteiger partial charge on any atom is 0.410 e. The summed E-state index contributed by atoms with van der Waals surface area (Å²) in [6, 6.07) is 18.5. The molecule has 2 heterocycles. The van der Waals surface area contributed by atoms with Gasteiger partial charge in [-0.1, -0.05) is 82.3 Å². The van der Waals surface area contributed by atoms with Crippen molar-refractivity contribution in [3.63, 3.8) is 0 Å². The smallest absolute Gasteiger partial charge is 0.410 e. The molecule has 105 heavy (non-hydrogen) atoms. The minimum absolute atomic E-state index is 0.0143. The maximum atomic E-state index is 15.2. The number of esters is 5. The average Bonchev–Trinajstić information content (AvgIpc) is 0.823. The number of carbonyl (C=O) groups excluding carboxylic acids is 9. The molecule has 4 amide bonds. The van der Waals surface area contributed by atoms with Crippen molar-refractivity contribution in [3.8, 4) is 0 Å². The van der Waals surface area contributed by atoms with Crippen molar-refractivity contribution in [1.29, 1.82) is 0 Å². The predicted molar refractivity (Wildman–Crippen MR) is 388 cm³/mol. The lowest BCUT2D eigenvalue weighted by Gasteiger charge is -2.34. The summed E-state index contributed by atoms with van der Waals surface area (Å²) >= 11 is 0. The number of hydrogen-bond acceptors (Lipinski definition) is 21. The van der Waals surface area contributed by atoms with Crippen LogP contribution < -0.4 is 9.80 Å². The van der Waals surface area contributed by atoms with E-state index in [2.05, 4.69) is 9.80 Å². The van der Waals surface area contributed by atoms with Gasteiger partial charge in [-0.15, -0.1) is 0 Å². The average molecular weight is 1480 g/mol. The van der Waals surface area contributed by atoms with Crippen LogP contribution in [0.4, 0.5) is 29.7 Å². The molecule has 3 aromatic carbocycles. The van der Waals surface area contributed by atoms with Gasteiger partial charge in [0.2, 0.25) is 0 Å². The first-order valence-electron chi connectivity index (χ1n) is 35.7. The SMILES string of the molecule is CC(C)C[C@@H](C(=O)O[C@H](C)C(=O)O)N(C)C(=O)[C@@H](Cc1ccc(N2CCOCC2)cc1)OC(=O)[C@H](CC(C)(C)F)N(C)C(=O)OC(C)(C)C.CC(C)C[C@@H](C(=O)O[C@H](C)C(=O)OCc1ccccc1)N(C)C(=O)[C@@H](Cc1ccc(N2CCOCC2)cc1)OC(=O)[C@H](CC(C)(C)F)N(C)C(=O)OC(C)(C)C. The topological polar surface area (TPSA) is 293 Å². The maximum absolute atomic E-state index is 15.2. The second kappa shape index (κ2) is 40.2. The Bertz CT molecular complexity index is 3320. The number of carboxylic acid groups (broad SMARTS) is 1. The first-order valence-corrected chi connectivity index (χ1v) is 35.7. The molecule has 0 radical (unpaired) electrons. The number of carbonyl (C=O) groups is 10. The van der Waals surface area contributed by atoms with Crippen LogP contribution in [0.1, 0.15) is 153 Å². The lowest BCUT2D eigenvalue weighted by atomic mass is 9.99. The number of aliphatic carboxylic acids is 1. The van der Waals surface area contributed by atoms with E-state index in [9.17, 15) is 53.1 Å². The molecule has 0 bridgehead atoms. The predicted octanol–water partition coefficient (Wildman–Crippen LogP) is 10.1. The number of carboxylic acids is 1. The summed E-state index contributed by atoms with van der Waals surface area (Å²) in [5, 5.41) is 9.29. The molecule has 0 unspecified atom stereocenters. The summed E-state index contributed by atoms with van der Waals surface area (Å²) in [6.45, 7) is 30.2. The molecule has 2 aliphatic heterocycles. The number of amides is 4. The van der Waals surface area contributed by atoms with Gasteiger partial charge in [-0.05, 0) is 149 Å². The van der Waals surface area contributed by atoms with E-state index in [0.29, 0.717) is 50.6 Å². The zero-order valence-corrected chi connectivity index (χ0v) is 65.0. The van der Waals surface area contributed by atoms with Gasteiger partial charge in [-0.3, -0.25) is 19.4 Å². The van der Waals surface area contributed by atoms with Crippen molar-refractivity contribution in [3.05, 3.63) is 95.6 Å². The third-order valence-electron chi connectivity index (χ3n) is 16.8. The molecule has 0 aromatic heterocycles. The van der Waals surface area contributed by atoms with Crippen LogP contribution in [0.5, 0.6) is 0 Å². The summed E-state index contributed by atoms with van der Waals surface area (Å²) in [4.78, 5) is 142. The number of rotatable bonds is 32. The van der Waals surface area contributed by atoms with Gasteiger partial charge in [0.15, 0.2) is 24.4 Å². The van der Waals surface area contributed by atoms with Gasteiger partial charge >= 0.3 is 48.0 Å². The molecule has 0 saturated carbocycles. The summed E-state index contributed by atoms with van der Waals surface area (Å²) in [5.41, 5.74) is -1.73. The molecule has 1 N–H and O–H groups in total. The Balaban J connectivity index is 0.000000449. The van der Waals surface area contributed by atoms with E-state index in [1.807, 2.05) is 82.3 Å². The van der Waals surface area contributed by atoms with Gasteiger partial charge in [0.1, 0.15) is 53.3 Å². The molecule has 26 nitrogen and oxygen atoms in total. The fraction of sp³-hybridized carbons (Fsp3) is 0.636. The molecule has 0 aliphatic carbocycles. The van der Waals surface area contributed by atoms with Crippen LogP contribution >= 0.6 is 0 Å². The highest BCUT2D eigenvalue weighted by molar-refractivity contribution is 5.92. The van der Waals surface area contributed by atoms with Crippen LogP contribution in [-0.4, -0.2) is 236 Å². The molecule has 586 valence electrons. The fourth-order valence-electron chi connectivity index (χ4n) is 11.1. The molecule has 3 aromatic rings. The summed E-state index contributed by atoms with van der Waals surface area (Å²) in [6.07, 6.45) is -8.37. The second-order valence-corrected chi connectivity index (χ2v) is 30.6. The number of alkyl halides is 2. The molecule has 2 aliphatic rings. The van der Waals surface area contributed by atoms with Crippen molar-refractivity contribution in [2.24, 2.45) is 11.8 Å². The van der Waals surface area contributed by atoms with E-state index in [4.69, 9.17) is 42.6 Å². The molecule has 5 rings (SSSR count). The highest BCUT2D eigenvalue weighted by Crippen LogP contribution is 2.29. The number of nitrogens with zero attached hydrogens (tertiary/aromatic N) is 6. The Morgan fingerprint density at radius 1 is 0.448 bits per heavy atom. The van der Waals surface area contributed by atoms with Crippen LogP contribution in [0.25, 0.3) is 0 Å². The van der Waals surface area contributed by atoms with Crippen molar-refractivity contribution in [2.75, 3.05) is 90.6 Å². The van der Waals surface area contributed by atoms with Crippen molar-refractivity contribution >= 4 is 71.2 Å². The lowest BCUT2D eigenvalue weighted by Crippen LogP contribution is -2.52. The minimum atomic E-state index is -1.92. The minimum Gasteiger partial charge on any atom is -0.479 e. The first kappa shape index (κ1) is 88.7. The Morgan fingerprint density at radius 3 is 1.10 bits per heavy atom. The quantitative estimate of drug-likeness (QED) is 0.0449. The van der Waals surface area contributed by atoms with Gasteiger partial charge in [0.05, 0.1) is 26.4 Å². The van der Waals surface area contributed by atoms with Gasteiger partial charge < -0.3 is 67.3 Å². The van der Waals surface area contributed by atoms with E-state index >= 15 is 8.78 Å². The molecule has 8 atom stereocenters. The summed E-state index contributed by atoms with van der Waals surface area (Å²) in [7, 11) is 5.34. The summed E-state index contributed by atoms with van der Waals surface area (Å²) < 4.78 is 79.8. The van der Waals surface area contributed by atoms with Gasteiger partial charge in [-0.2, -0.15) is 0 Å². The van der Waals surface area contributed by atoms with E-state index in [1.54, 1.807) is 65.8 Å². The normalized spacial score (nSPS) is 15.8. The highest BCUT2D eigenvalue weighted by Gasteiger charge is 2.44. The third-order valence-corrected chi connectivity index (χ3v) is 16.8. The lowest BCUT2D eigenvalue weighted by molar-refractivity contribution is -0.174. The number of ether oxygens (including phenoxy) is 9. The van der Waals surface area contributed by atoms with Crippen LogP contribution in [0.3, 0.4) is 0 Å². The molecular formula is C77H114F2N6O20. The number of anilines is 2. The standard InChI is InChI=1S/C42H60FN3O10.C35H54FN3O10/c1-28(2)24-33(38(49)54-29(3)37(48)53-27-31-14-12-11-13-15-31)44(9)36(47)35(25-30-16-18-32(19-17-30)46-20-22-52-23-21-46)55-39(50)34(26-42(7,8)43)45(10)40(51)56-41(4,5)6;1-22(2)19-26(31(43)47-23(3)30(41)42)37(9)29(40)28(20-24-11-13-25(14-12-24)39-15-17-46-18-16-39)48-32(44)27(21-35(7,8)36)38(10)33(45)49-34(4,5)6/h11-19,28-29,33-35H,20-27H2,1-10H3;11-14,22-23,26-28H,15-21H2,1-10H3,(H,41,42)/t29-,33+,34+,35-;23-,26+,27+,28-/m11/s1. The van der Waals surface area contributed by atoms with Crippen molar-refractivity contribution in [1.82, 2.24) is 19.6 Å². The Labute approximate surface area is 617 Å². The van der Waals surface area contributed by atoms with E-state index in [-0.39, 0.29) is 44.1 Å².